The lowest BCUT2D eigenvalue weighted by Crippen LogP contribution is -2.13. The molecule has 0 heterocycles. The molecule has 0 aromatic heterocycles. The highest BCUT2D eigenvalue weighted by atomic mass is 35.5. The Morgan fingerprint density at radius 1 is 1.14 bits per heavy atom. The zero-order valence-corrected chi connectivity index (χ0v) is 10.1. The Morgan fingerprint density at radius 3 is 2.21 bits per heavy atom. The third-order valence-corrected chi connectivity index (χ3v) is 2.80. The Labute approximate surface area is 95.6 Å². The van der Waals surface area contributed by atoms with Crippen molar-refractivity contribution in [1.29, 1.82) is 0 Å². The molecular formula is C11H15Cl2N. The van der Waals surface area contributed by atoms with Crippen molar-refractivity contribution >= 4 is 23.2 Å². The molecule has 0 saturated carbocycles. The van der Waals surface area contributed by atoms with E-state index in [1.54, 1.807) is 0 Å². The molecule has 0 aliphatic carbocycles. The van der Waals surface area contributed by atoms with Crippen molar-refractivity contribution in [3.05, 3.63) is 33.8 Å². The van der Waals surface area contributed by atoms with E-state index in [1.807, 2.05) is 18.2 Å². The van der Waals surface area contributed by atoms with Crippen molar-refractivity contribution < 1.29 is 0 Å². The third kappa shape index (κ3) is 3.49. The summed E-state index contributed by atoms with van der Waals surface area (Å²) in [5, 5.41) is 1.55. The second kappa shape index (κ2) is 5.59. The molecule has 0 aliphatic heterocycles. The van der Waals surface area contributed by atoms with Crippen LogP contribution in [0, 0.1) is 0 Å². The molecule has 1 rings (SSSR count). The van der Waals surface area contributed by atoms with Gasteiger partial charge in [0.1, 0.15) is 0 Å². The fourth-order valence-corrected chi connectivity index (χ4v) is 1.93. The van der Waals surface area contributed by atoms with Gasteiger partial charge in [0.2, 0.25) is 0 Å². The quantitative estimate of drug-likeness (QED) is 0.768. The van der Waals surface area contributed by atoms with E-state index in [9.17, 15) is 0 Å². The first-order valence-electron chi connectivity index (χ1n) is 4.69. The van der Waals surface area contributed by atoms with Gasteiger partial charge >= 0.3 is 0 Å². The Hall–Kier alpha value is -0.240. The van der Waals surface area contributed by atoms with Crippen LogP contribution in [0.3, 0.4) is 0 Å². The zero-order valence-electron chi connectivity index (χ0n) is 8.56. The minimum Gasteiger partial charge on any atom is -0.309 e. The van der Waals surface area contributed by atoms with Crippen molar-refractivity contribution in [3.8, 4) is 0 Å². The molecule has 0 bridgehead atoms. The van der Waals surface area contributed by atoms with Crippen molar-refractivity contribution in [2.24, 2.45) is 0 Å². The summed E-state index contributed by atoms with van der Waals surface area (Å²) in [6.45, 7) is 1.06. The van der Waals surface area contributed by atoms with E-state index >= 15 is 0 Å². The number of hydrogen-bond donors (Lipinski definition) is 0. The lowest BCUT2D eigenvalue weighted by Gasteiger charge is -2.10. The van der Waals surface area contributed by atoms with Gasteiger partial charge in [0.25, 0.3) is 0 Å². The van der Waals surface area contributed by atoms with Crippen molar-refractivity contribution in [2.45, 2.75) is 12.8 Å². The molecule has 0 saturated heterocycles. The van der Waals surface area contributed by atoms with Gasteiger partial charge in [0.15, 0.2) is 0 Å². The third-order valence-electron chi connectivity index (χ3n) is 2.09. The van der Waals surface area contributed by atoms with Gasteiger partial charge in [0, 0.05) is 10.0 Å². The van der Waals surface area contributed by atoms with Crippen LogP contribution in [-0.2, 0) is 6.42 Å². The minimum atomic E-state index is 0.774. The minimum absolute atomic E-state index is 0.774. The zero-order chi connectivity index (χ0) is 10.6. The average Bonchev–Trinajstić information content (AvgIpc) is 2.09. The molecule has 1 nitrogen and oxygen atoms in total. The second-order valence-corrected chi connectivity index (χ2v) is 4.42. The summed E-state index contributed by atoms with van der Waals surface area (Å²) in [6, 6.07) is 5.65. The Bertz CT molecular complexity index is 277. The number of rotatable bonds is 4. The molecule has 78 valence electrons. The number of benzene rings is 1. The van der Waals surface area contributed by atoms with Gasteiger partial charge in [0.05, 0.1) is 0 Å². The topological polar surface area (TPSA) is 3.24 Å². The number of nitrogens with zero attached hydrogens (tertiary/aromatic N) is 1. The van der Waals surface area contributed by atoms with E-state index in [4.69, 9.17) is 23.2 Å². The van der Waals surface area contributed by atoms with Gasteiger partial charge in [-0.15, -0.1) is 0 Å². The molecule has 3 heteroatoms. The predicted molar refractivity (Wildman–Crippen MR) is 63.3 cm³/mol. The van der Waals surface area contributed by atoms with Crippen LogP contribution in [0.2, 0.25) is 10.0 Å². The molecule has 0 aliphatic rings. The van der Waals surface area contributed by atoms with Crippen LogP contribution in [0.1, 0.15) is 12.0 Å². The van der Waals surface area contributed by atoms with Gasteiger partial charge in [-0.05, 0) is 51.2 Å². The maximum atomic E-state index is 6.05. The largest absolute Gasteiger partial charge is 0.309 e. The number of halogens is 2. The first-order valence-corrected chi connectivity index (χ1v) is 5.44. The smallest absolute Gasteiger partial charge is 0.0452 e. The van der Waals surface area contributed by atoms with Gasteiger partial charge < -0.3 is 4.90 Å². The molecule has 0 fully saturated rings. The van der Waals surface area contributed by atoms with E-state index in [0.717, 1.165) is 35.0 Å². The first kappa shape index (κ1) is 11.8. The Balaban J connectivity index is 2.58. The normalized spacial score (nSPS) is 10.9. The molecule has 0 unspecified atom stereocenters. The predicted octanol–water partition coefficient (Wildman–Crippen LogP) is 3.49. The van der Waals surface area contributed by atoms with Gasteiger partial charge in [-0.25, -0.2) is 0 Å². The van der Waals surface area contributed by atoms with Crippen molar-refractivity contribution in [3.63, 3.8) is 0 Å². The molecule has 1 aromatic carbocycles. The molecule has 0 radical (unpaired) electrons. The van der Waals surface area contributed by atoms with Gasteiger partial charge in [-0.1, -0.05) is 29.3 Å². The summed E-state index contributed by atoms with van der Waals surface area (Å²) in [5.74, 6) is 0. The first-order chi connectivity index (χ1) is 6.61. The molecular weight excluding hydrogens is 217 g/mol. The summed E-state index contributed by atoms with van der Waals surface area (Å²) in [6.07, 6.45) is 2.02. The molecule has 14 heavy (non-hydrogen) atoms. The van der Waals surface area contributed by atoms with Crippen molar-refractivity contribution in [1.82, 2.24) is 4.90 Å². The highest BCUT2D eigenvalue weighted by molar-refractivity contribution is 6.35. The number of hydrogen-bond acceptors (Lipinski definition) is 1. The van der Waals surface area contributed by atoms with Crippen LogP contribution < -0.4 is 0 Å². The van der Waals surface area contributed by atoms with Gasteiger partial charge in [-0.2, -0.15) is 0 Å². The van der Waals surface area contributed by atoms with Crippen LogP contribution in [0.4, 0.5) is 0 Å². The van der Waals surface area contributed by atoms with E-state index in [0.29, 0.717) is 0 Å². The maximum Gasteiger partial charge on any atom is 0.0452 e. The Morgan fingerprint density at radius 2 is 1.71 bits per heavy atom. The van der Waals surface area contributed by atoms with Crippen LogP contribution in [0.15, 0.2) is 18.2 Å². The summed E-state index contributed by atoms with van der Waals surface area (Å²) in [5.41, 5.74) is 1.07. The molecule has 0 spiro atoms. The summed E-state index contributed by atoms with van der Waals surface area (Å²) in [4.78, 5) is 2.16. The van der Waals surface area contributed by atoms with E-state index in [1.165, 1.54) is 0 Å². The van der Waals surface area contributed by atoms with Crippen LogP contribution in [-0.4, -0.2) is 25.5 Å². The maximum absolute atomic E-state index is 6.05. The average molecular weight is 232 g/mol. The van der Waals surface area contributed by atoms with E-state index in [2.05, 4.69) is 19.0 Å². The molecule has 0 atom stereocenters. The van der Waals surface area contributed by atoms with Crippen LogP contribution in [0.25, 0.3) is 0 Å². The Kier molecular flexibility index (Phi) is 4.73. The van der Waals surface area contributed by atoms with Crippen LogP contribution >= 0.6 is 23.2 Å². The van der Waals surface area contributed by atoms with E-state index < -0.39 is 0 Å². The lowest BCUT2D eigenvalue weighted by molar-refractivity contribution is 0.400. The monoisotopic (exact) mass is 231 g/mol. The van der Waals surface area contributed by atoms with Gasteiger partial charge in [-0.3, -0.25) is 0 Å². The SMILES string of the molecule is CN(C)CCCc1c(Cl)cccc1Cl. The van der Waals surface area contributed by atoms with Crippen LogP contribution in [0.5, 0.6) is 0 Å². The summed E-state index contributed by atoms with van der Waals surface area (Å²) in [7, 11) is 4.13. The summed E-state index contributed by atoms with van der Waals surface area (Å²) < 4.78 is 0. The lowest BCUT2D eigenvalue weighted by atomic mass is 10.1. The van der Waals surface area contributed by atoms with Crippen molar-refractivity contribution in [2.75, 3.05) is 20.6 Å². The highest BCUT2D eigenvalue weighted by Gasteiger charge is 2.04. The molecule has 1 aromatic rings. The highest BCUT2D eigenvalue weighted by Crippen LogP contribution is 2.25. The summed E-state index contributed by atoms with van der Waals surface area (Å²) >= 11 is 12.1. The standard InChI is InChI=1S/C11H15Cl2N/c1-14(2)8-4-5-9-10(12)6-3-7-11(9)13/h3,6-7H,4-5,8H2,1-2H3. The fraction of sp³-hybridized carbons (Fsp3) is 0.455. The second-order valence-electron chi connectivity index (χ2n) is 3.61. The van der Waals surface area contributed by atoms with E-state index in [-0.39, 0.29) is 0 Å². The molecule has 0 amide bonds. The molecule has 0 N–H and O–H groups in total. The fourth-order valence-electron chi connectivity index (χ4n) is 1.34.